The molecule has 1 fully saturated rings. The Labute approximate surface area is 128 Å². The van der Waals surface area contributed by atoms with Crippen LogP contribution in [0.25, 0.3) is 11.1 Å². The zero-order valence-electron chi connectivity index (χ0n) is 12.6. The molecule has 7 nitrogen and oxygen atoms in total. The van der Waals surface area contributed by atoms with Gasteiger partial charge in [0.2, 0.25) is 5.75 Å². The Kier molecular flexibility index (Phi) is 3.58. The second-order valence-electron chi connectivity index (χ2n) is 5.47. The topological polar surface area (TPSA) is 82.2 Å². The minimum absolute atomic E-state index is 0.00615. The van der Waals surface area contributed by atoms with Crippen LogP contribution >= 0.6 is 0 Å². The summed E-state index contributed by atoms with van der Waals surface area (Å²) in [6.07, 6.45) is 4.65. The molecule has 0 radical (unpaired) electrons. The number of hydrogen-bond acceptors (Lipinski definition) is 5. The highest BCUT2D eigenvalue weighted by Crippen LogP contribution is 2.38. The summed E-state index contributed by atoms with van der Waals surface area (Å²) < 4.78 is 7.22. The zero-order valence-corrected chi connectivity index (χ0v) is 12.6. The van der Waals surface area contributed by atoms with Crippen LogP contribution in [0.1, 0.15) is 13.3 Å². The van der Waals surface area contributed by atoms with E-state index in [0.29, 0.717) is 5.56 Å². The normalized spacial score (nSPS) is 16.1. The quantitative estimate of drug-likeness (QED) is 0.676. The van der Waals surface area contributed by atoms with Gasteiger partial charge in [-0.15, -0.1) is 0 Å². The molecule has 0 aliphatic carbocycles. The van der Waals surface area contributed by atoms with Crippen molar-refractivity contribution in [2.75, 3.05) is 20.2 Å². The molecule has 22 heavy (non-hydrogen) atoms. The summed E-state index contributed by atoms with van der Waals surface area (Å²) in [5.41, 5.74) is 1.47. The number of hydrogen-bond donors (Lipinski definition) is 1. The van der Waals surface area contributed by atoms with E-state index in [-0.39, 0.29) is 17.0 Å². The monoisotopic (exact) mass is 302 g/mol. The van der Waals surface area contributed by atoms with E-state index in [2.05, 4.69) is 17.3 Å². The van der Waals surface area contributed by atoms with Crippen LogP contribution in [-0.2, 0) is 5.54 Å². The third-order valence-corrected chi connectivity index (χ3v) is 4.34. The van der Waals surface area contributed by atoms with Crippen molar-refractivity contribution >= 4 is 5.69 Å². The molecule has 1 aromatic carbocycles. The lowest BCUT2D eigenvalue weighted by Gasteiger charge is -2.42. The molecule has 0 saturated carbocycles. The van der Waals surface area contributed by atoms with Gasteiger partial charge in [0.1, 0.15) is 0 Å². The Hall–Kier alpha value is -2.41. The van der Waals surface area contributed by atoms with E-state index >= 15 is 0 Å². The number of nitro groups is 1. The number of benzene rings is 1. The van der Waals surface area contributed by atoms with Crippen LogP contribution in [0.3, 0.4) is 0 Å². The summed E-state index contributed by atoms with van der Waals surface area (Å²) in [7, 11) is 1.44. The van der Waals surface area contributed by atoms with Crippen LogP contribution in [0.5, 0.6) is 5.75 Å². The molecule has 3 rings (SSSR count). The Morgan fingerprint density at radius 2 is 2.27 bits per heavy atom. The molecule has 2 aromatic rings. The molecule has 116 valence electrons. The number of para-hydroxylation sites is 1. The largest absolute Gasteiger partial charge is 0.490 e. The molecule has 2 heterocycles. The zero-order chi connectivity index (χ0) is 15.7. The molecular formula is C15H18N4O3. The van der Waals surface area contributed by atoms with Crippen LogP contribution < -0.4 is 10.1 Å². The molecule has 0 atom stereocenters. The minimum Gasteiger partial charge on any atom is -0.490 e. The van der Waals surface area contributed by atoms with E-state index in [1.54, 1.807) is 12.3 Å². The van der Waals surface area contributed by atoms with Gasteiger partial charge in [0.15, 0.2) is 0 Å². The Balaban J connectivity index is 2.04. The first-order valence-corrected chi connectivity index (χ1v) is 7.19. The Morgan fingerprint density at radius 3 is 2.82 bits per heavy atom. The molecular weight excluding hydrogens is 284 g/mol. The maximum Gasteiger partial charge on any atom is 0.311 e. The van der Waals surface area contributed by atoms with Gasteiger partial charge < -0.3 is 10.1 Å². The van der Waals surface area contributed by atoms with Gasteiger partial charge >= 0.3 is 5.69 Å². The maximum atomic E-state index is 11.1. The molecule has 1 N–H and O–H groups in total. The third kappa shape index (κ3) is 2.14. The first-order chi connectivity index (χ1) is 10.6. The Morgan fingerprint density at radius 1 is 1.50 bits per heavy atom. The minimum atomic E-state index is -0.434. The lowest BCUT2D eigenvalue weighted by Crippen LogP contribution is -2.60. The first-order valence-electron chi connectivity index (χ1n) is 7.19. The van der Waals surface area contributed by atoms with Gasteiger partial charge in [-0.2, -0.15) is 5.10 Å². The molecule has 0 spiro atoms. The standard InChI is InChI=1S/C15H18N4O3/c1-3-15(9-16-10-15)18-8-11(7-17-18)12-5-4-6-13(19(20)21)14(12)22-2/h4-8,16H,3,9-10H2,1-2H3. The van der Waals surface area contributed by atoms with Crippen LogP contribution in [0.15, 0.2) is 30.6 Å². The maximum absolute atomic E-state index is 11.1. The number of nitro benzene ring substituents is 1. The highest BCUT2D eigenvalue weighted by molar-refractivity contribution is 5.74. The molecule has 1 aliphatic rings. The molecule has 0 unspecified atom stereocenters. The lowest BCUT2D eigenvalue weighted by molar-refractivity contribution is -0.385. The summed E-state index contributed by atoms with van der Waals surface area (Å²) in [5.74, 6) is 0.268. The fraction of sp³-hybridized carbons (Fsp3) is 0.400. The van der Waals surface area contributed by atoms with Gasteiger partial charge in [-0.3, -0.25) is 14.8 Å². The van der Waals surface area contributed by atoms with E-state index in [0.717, 1.165) is 25.1 Å². The number of aromatic nitrogens is 2. The van der Waals surface area contributed by atoms with E-state index in [1.165, 1.54) is 13.2 Å². The van der Waals surface area contributed by atoms with Crippen LogP contribution in [0.2, 0.25) is 0 Å². The van der Waals surface area contributed by atoms with Crippen molar-refractivity contribution < 1.29 is 9.66 Å². The van der Waals surface area contributed by atoms with Crippen molar-refractivity contribution in [1.29, 1.82) is 0 Å². The molecule has 7 heteroatoms. The van der Waals surface area contributed by atoms with Gasteiger partial charge in [-0.05, 0) is 6.42 Å². The van der Waals surface area contributed by atoms with E-state index in [9.17, 15) is 10.1 Å². The number of nitrogens with one attached hydrogen (secondary N) is 1. The lowest BCUT2D eigenvalue weighted by atomic mass is 9.90. The van der Waals surface area contributed by atoms with E-state index < -0.39 is 4.92 Å². The Bertz CT molecular complexity index is 701. The molecule has 1 aliphatic heterocycles. The fourth-order valence-electron chi connectivity index (χ4n) is 2.82. The number of methoxy groups -OCH3 is 1. The van der Waals surface area contributed by atoms with Gasteiger partial charge in [-0.25, -0.2) is 0 Å². The van der Waals surface area contributed by atoms with Gasteiger partial charge in [0, 0.05) is 36.5 Å². The molecule has 0 bridgehead atoms. The van der Waals surface area contributed by atoms with Crippen molar-refractivity contribution in [2.24, 2.45) is 0 Å². The molecule has 1 saturated heterocycles. The second-order valence-corrected chi connectivity index (χ2v) is 5.47. The van der Waals surface area contributed by atoms with Crippen molar-refractivity contribution in [3.8, 4) is 16.9 Å². The summed E-state index contributed by atoms with van der Waals surface area (Å²) >= 11 is 0. The summed E-state index contributed by atoms with van der Waals surface area (Å²) in [6, 6.07) is 4.91. The van der Waals surface area contributed by atoms with Crippen LogP contribution in [0.4, 0.5) is 5.69 Å². The van der Waals surface area contributed by atoms with Crippen molar-refractivity contribution in [3.05, 3.63) is 40.7 Å². The predicted octanol–water partition coefficient (Wildman–Crippen LogP) is 2.18. The second kappa shape index (κ2) is 5.42. The highest BCUT2D eigenvalue weighted by atomic mass is 16.6. The van der Waals surface area contributed by atoms with Crippen LogP contribution in [0, 0.1) is 10.1 Å². The number of nitrogens with zero attached hydrogens (tertiary/aromatic N) is 3. The van der Waals surface area contributed by atoms with E-state index in [1.807, 2.05) is 16.9 Å². The first kappa shape index (κ1) is 14.5. The summed E-state index contributed by atoms with van der Waals surface area (Å²) in [4.78, 5) is 10.7. The van der Waals surface area contributed by atoms with Crippen molar-refractivity contribution in [3.63, 3.8) is 0 Å². The molecule has 0 amide bonds. The smallest absolute Gasteiger partial charge is 0.311 e. The summed E-state index contributed by atoms with van der Waals surface area (Å²) in [6.45, 7) is 3.91. The fourth-order valence-corrected chi connectivity index (χ4v) is 2.82. The highest BCUT2D eigenvalue weighted by Gasteiger charge is 2.37. The van der Waals surface area contributed by atoms with Gasteiger partial charge in [0.05, 0.1) is 23.8 Å². The number of ether oxygens (including phenoxy) is 1. The van der Waals surface area contributed by atoms with Gasteiger partial charge in [0.25, 0.3) is 0 Å². The predicted molar refractivity (Wildman–Crippen MR) is 82.0 cm³/mol. The van der Waals surface area contributed by atoms with E-state index in [4.69, 9.17) is 4.74 Å². The van der Waals surface area contributed by atoms with Crippen LogP contribution in [-0.4, -0.2) is 34.9 Å². The van der Waals surface area contributed by atoms with Gasteiger partial charge in [-0.1, -0.05) is 19.1 Å². The van der Waals surface area contributed by atoms with Crippen molar-refractivity contribution in [1.82, 2.24) is 15.1 Å². The number of rotatable bonds is 5. The third-order valence-electron chi connectivity index (χ3n) is 4.34. The summed E-state index contributed by atoms with van der Waals surface area (Å²) in [5, 5.41) is 18.9. The van der Waals surface area contributed by atoms with Crippen molar-refractivity contribution in [2.45, 2.75) is 18.9 Å². The average molecular weight is 302 g/mol. The SMILES string of the molecule is CCC1(n2cc(-c3cccc([N+](=O)[O-])c3OC)cn2)CNC1. The molecule has 1 aromatic heterocycles. The average Bonchev–Trinajstić information content (AvgIpc) is 2.95.